The molecule has 0 unspecified atom stereocenters. The molecule has 19 heavy (non-hydrogen) atoms. The van der Waals surface area contributed by atoms with Gasteiger partial charge in [-0.1, -0.05) is 27.4 Å². The van der Waals surface area contributed by atoms with Crippen LogP contribution in [0.5, 0.6) is 0 Å². The van der Waals surface area contributed by atoms with Crippen molar-refractivity contribution in [2.45, 2.75) is 27.2 Å². The molecule has 0 amide bonds. The molecule has 0 aromatic carbocycles. The van der Waals surface area contributed by atoms with Gasteiger partial charge in [0, 0.05) is 26.4 Å². The SMILES string of the molecule is C=CC(=O)O.COCCCOCCOCC(C)(C)C. The Morgan fingerprint density at radius 2 is 1.68 bits per heavy atom. The van der Waals surface area contributed by atoms with Gasteiger partial charge in [-0.25, -0.2) is 4.79 Å². The minimum atomic E-state index is -0.981. The summed E-state index contributed by atoms with van der Waals surface area (Å²) in [5.74, 6) is -0.981. The van der Waals surface area contributed by atoms with E-state index in [0.717, 1.165) is 32.3 Å². The van der Waals surface area contributed by atoms with E-state index < -0.39 is 5.97 Å². The fourth-order valence-corrected chi connectivity index (χ4v) is 0.904. The third kappa shape index (κ3) is 26.6. The van der Waals surface area contributed by atoms with Crippen molar-refractivity contribution in [2.24, 2.45) is 5.41 Å². The van der Waals surface area contributed by atoms with E-state index in [1.165, 1.54) is 0 Å². The summed E-state index contributed by atoms with van der Waals surface area (Å²) < 4.78 is 15.7. The van der Waals surface area contributed by atoms with Gasteiger partial charge in [0.2, 0.25) is 0 Å². The topological polar surface area (TPSA) is 65.0 Å². The van der Waals surface area contributed by atoms with Crippen LogP contribution >= 0.6 is 0 Å². The van der Waals surface area contributed by atoms with Crippen molar-refractivity contribution in [2.75, 3.05) is 40.1 Å². The maximum absolute atomic E-state index is 9.25. The molecule has 5 heteroatoms. The Labute approximate surface area is 116 Å². The van der Waals surface area contributed by atoms with Crippen LogP contribution in [0.1, 0.15) is 27.2 Å². The molecule has 0 aliphatic carbocycles. The van der Waals surface area contributed by atoms with Crippen LogP contribution in [0.4, 0.5) is 0 Å². The summed E-state index contributed by atoms with van der Waals surface area (Å²) in [4.78, 5) is 9.25. The molecule has 0 aliphatic heterocycles. The zero-order valence-corrected chi connectivity index (χ0v) is 12.6. The molecular weight excluding hydrogens is 248 g/mol. The molecule has 1 N–H and O–H groups in total. The highest BCUT2D eigenvalue weighted by Crippen LogP contribution is 2.12. The zero-order valence-electron chi connectivity index (χ0n) is 12.6. The Hall–Kier alpha value is -0.910. The van der Waals surface area contributed by atoms with Gasteiger partial charge in [-0.15, -0.1) is 0 Å². The number of hydrogen-bond donors (Lipinski definition) is 1. The van der Waals surface area contributed by atoms with Gasteiger partial charge in [-0.3, -0.25) is 0 Å². The van der Waals surface area contributed by atoms with E-state index >= 15 is 0 Å². The lowest BCUT2D eigenvalue weighted by atomic mass is 9.99. The largest absolute Gasteiger partial charge is 0.478 e. The van der Waals surface area contributed by atoms with Gasteiger partial charge < -0.3 is 19.3 Å². The lowest BCUT2D eigenvalue weighted by Crippen LogP contribution is -2.17. The Kier molecular flexibility index (Phi) is 14.5. The maximum atomic E-state index is 9.25. The number of carboxylic acids is 1. The number of ether oxygens (including phenoxy) is 3. The van der Waals surface area contributed by atoms with Crippen LogP contribution in [-0.2, 0) is 19.0 Å². The Morgan fingerprint density at radius 1 is 1.16 bits per heavy atom. The fourth-order valence-electron chi connectivity index (χ4n) is 0.904. The third-order valence-electron chi connectivity index (χ3n) is 1.72. The molecule has 0 aromatic heterocycles. The first-order valence-corrected chi connectivity index (χ1v) is 6.33. The highest BCUT2D eigenvalue weighted by molar-refractivity contribution is 5.78. The first-order chi connectivity index (χ1) is 8.83. The van der Waals surface area contributed by atoms with Crippen molar-refractivity contribution in [1.82, 2.24) is 0 Å². The van der Waals surface area contributed by atoms with Gasteiger partial charge in [-0.05, 0) is 11.8 Å². The van der Waals surface area contributed by atoms with Gasteiger partial charge in [0.25, 0.3) is 0 Å². The van der Waals surface area contributed by atoms with Crippen LogP contribution in [-0.4, -0.2) is 51.2 Å². The van der Waals surface area contributed by atoms with Crippen molar-refractivity contribution in [3.8, 4) is 0 Å². The number of carbonyl (C=O) groups is 1. The summed E-state index contributed by atoms with van der Waals surface area (Å²) in [6, 6.07) is 0. The minimum Gasteiger partial charge on any atom is -0.478 e. The third-order valence-corrected chi connectivity index (χ3v) is 1.72. The van der Waals surface area contributed by atoms with E-state index in [4.69, 9.17) is 19.3 Å². The predicted octanol–water partition coefficient (Wildman–Crippen LogP) is 2.36. The van der Waals surface area contributed by atoms with Crippen LogP contribution in [0.3, 0.4) is 0 Å². The van der Waals surface area contributed by atoms with Crippen LogP contribution < -0.4 is 0 Å². The van der Waals surface area contributed by atoms with E-state index in [1.807, 2.05) is 0 Å². The zero-order chi connectivity index (χ0) is 15.1. The van der Waals surface area contributed by atoms with Gasteiger partial charge in [0.1, 0.15) is 0 Å². The summed E-state index contributed by atoms with van der Waals surface area (Å²) >= 11 is 0. The monoisotopic (exact) mass is 276 g/mol. The van der Waals surface area contributed by atoms with Crippen molar-refractivity contribution >= 4 is 5.97 Å². The second kappa shape index (κ2) is 13.5. The van der Waals surface area contributed by atoms with Crippen LogP contribution in [0.25, 0.3) is 0 Å². The van der Waals surface area contributed by atoms with E-state index in [-0.39, 0.29) is 5.41 Å². The molecule has 0 aromatic rings. The number of hydrogen-bond acceptors (Lipinski definition) is 4. The predicted molar refractivity (Wildman–Crippen MR) is 75.4 cm³/mol. The van der Waals surface area contributed by atoms with Crippen molar-refractivity contribution in [3.63, 3.8) is 0 Å². The molecule has 0 radical (unpaired) electrons. The van der Waals surface area contributed by atoms with Crippen LogP contribution in [0.15, 0.2) is 12.7 Å². The van der Waals surface area contributed by atoms with E-state index in [1.54, 1.807) is 7.11 Å². The molecule has 5 nitrogen and oxygen atoms in total. The number of aliphatic carboxylic acids is 1. The van der Waals surface area contributed by atoms with Gasteiger partial charge in [0.15, 0.2) is 0 Å². The minimum absolute atomic E-state index is 0.246. The molecule has 0 aliphatic rings. The maximum Gasteiger partial charge on any atom is 0.327 e. The second-order valence-corrected chi connectivity index (χ2v) is 5.11. The fraction of sp³-hybridized carbons (Fsp3) is 0.786. The Balaban J connectivity index is 0. The van der Waals surface area contributed by atoms with E-state index in [2.05, 4.69) is 27.4 Å². The summed E-state index contributed by atoms with van der Waals surface area (Å²) in [5, 5.41) is 7.60. The van der Waals surface area contributed by atoms with Gasteiger partial charge in [0.05, 0.1) is 19.8 Å². The van der Waals surface area contributed by atoms with Crippen LogP contribution in [0.2, 0.25) is 0 Å². The summed E-state index contributed by atoms with van der Waals surface area (Å²) in [7, 11) is 1.70. The molecule has 0 bridgehead atoms. The van der Waals surface area contributed by atoms with E-state index in [0.29, 0.717) is 13.2 Å². The molecule has 0 heterocycles. The molecule has 114 valence electrons. The number of methoxy groups -OCH3 is 1. The quantitative estimate of drug-likeness (QED) is 0.517. The van der Waals surface area contributed by atoms with Crippen LogP contribution in [0, 0.1) is 5.41 Å². The molecule has 0 saturated carbocycles. The summed E-state index contributed by atoms with van der Waals surface area (Å²) in [6.07, 6.45) is 1.79. The summed E-state index contributed by atoms with van der Waals surface area (Å²) in [6.45, 7) is 13.1. The smallest absolute Gasteiger partial charge is 0.327 e. The average molecular weight is 276 g/mol. The summed E-state index contributed by atoms with van der Waals surface area (Å²) in [5.41, 5.74) is 0.246. The molecule has 0 spiro atoms. The van der Waals surface area contributed by atoms with Crippen molar-refractivity contribution in [1.29, 1.82) is 0 Å². The first kappa shape index (κ1) is 20.4. The Bertz CT molecular complexity index is 220. The lowest BCUT2D eigenvalue weighted by molar-refractivity contribution is -0.131. The normalized spacial score (nSPS) is 10.5. The number of rotatable bonds is 9. The van der Waals surface area contributed by atoms with Gasteiger partial charge in [-0.2, -0.15) is 0 Å². The molecular formula is C14H28O5. The van der Waals surface area contributed by atoms with Gasteiger partial charge >= 0.3 is 5.97 Å². The standard InChI is InChI=1S/C11H24O3.C3H4O2/c1-11(2,3)10-14-9-8-13-7-5-6-12-4;1-2-3(4)5/h5-10H2,1-4H3;2H,1H2,(H,4,5). The van der Waals surface area contributed by atoms with E-state index in [9.17, 15) is 4.79 Å². The Morgan fingerprint density at radius 3 is 2.11 bits per heavy atom. The van der Waals surface area contributed by atoms with Crippen molar-refractivity contribution < 1.29 is 24.1 Å². The highest BCUT2D eigenvalue weighted by atomic mass is 16.5. The molecule has 0 rings (SSSR count). The molecule has 0 fully saturated rings. The second-order valence-electron chi connectivity index (χ2n) is 5.11. The molecule has 0 saturated heterocycles. The number of carboxylic acid groups (broad SMARTS) is 1. The van der Waals surface area contributed by atoms with Crippen molar-refractivity contribution in [3.05, 3.63) is 12.7 Å². The highest BCUT2D eigenvalue weighted by Gasteiger charge is 2.09. The first-order valence-electron chi connectivity index (χ1n) is 6.33. The average Bonchev–Trinajstić information content (AvgIpc) is 2.32. The lowest BCUT2D eigenvalue weighted by Gasteiger charge is -2.17. The molecule has 0 atom stereocenters.